The molecule has 31 heteroatoms. The number of pyridine rings is 6. The van der Waals surface area contributed by atoms with E-state index in [0.29, 0.717) is 76.8 Å². The lowest BCUT2D eigenvalue weighted by Crippen LogP contribution is -2.68. The zero-order valence-electron chi connectivity index (χ0n) is 66.6. The van der Waals surface area contributed by atoms with Crippen molar-refractivity contribution in [2.75, 3.05) is 102 Å². The minimum atomic E-state index is -0.980. The van der Waals surface area contributed by atoms with Gasteiger partial charge in [0.05, 0.1) is 62.4 Å². The summed E-state index contributed by atoms with van der Waals surface area (Å²) in [6.45, 7) is 12.2. The molecule has 5 atom stereocenters. The average molecular weight is 1580 g/mol. The van der Waals surface area contributed by atoms with Crippen molar-refractivity contribution >= 4 is 50.2 Å². The summed E-state index contributed by atoms with van der Waals surface area (Å²) in [5, 5.41) is 73.5. The quantitative estimate of drug-likeness (QED) is 0.0506. The van der Waals surface area contributed by atoms with Crippen LogP contribution in [0.3, 0.4) is 0 Å². The largest absolute Gasteiger partial charge is 0.491 e. The first kappa shape index (κ1) is 79.4. The predicted octanol–water partition coefficient (Wildman–Crippen LogP) is 10.1. The number of aryl methyl sites for hydroxylation is 3. The molecule has 0 saturated carbocycles. The van der Waals surface area contributed by atoms with Crippen LogP contribution in [0.4, 0.5) is 21.8 Å². The van der Waals surface area contributed by atoms with Crippen molar-refractivity contribution in [3.63, 3.8) is 0 Å². The number of piperidine rings is 3. The molecular weight excluding hydrogens is 1490 g/mol. The lowest BCUT2D eigenvalue weighted by Gasteiger charge is -2.56. The zero-order chi connectivity index (χ0) is 81.8. The Kier molecular flexibility index (Phi) is 23.3. The molecule has 4 unspecified atom stereocenters. The van der Waals surface area contributed by atoms with Gasteiger partial charge in [-0.25, -0.2) is 34.3 Å². The molecule has 3 aromatic carbocycles. The summed E-state index contributed by atoms with van der Waals surface area (Å²) in [6, 6.07) is 40.8. The first-order chi connectivity index (χ1) is 56.6. The van der Waals surface area contributed by atoms with Crippen molar-refractivity contribution in [3.8, 4) is 92.2 Å². The molecule has 7 aliphatic heterocycles. The van der Waals surface area contributed by atoms with Gasteiger partial charge in [-0.1, -0.05) is 6.07 Å². The van der Waals surface area contributed by atoms with Crippen LogP contribution >= 0.6 is 0 Å². The van der Waals surface area contributed by atoms with Crippen LogP contribution in [0, 0.1) is 39.8 Å². The number of nitrogens with zero attached hydrogens (tertiary/aromatic N) is 20. The predicted molar refractivity (Wildman–Crippen MR) is 436 cm³/mol. The van der Waals surface area contributed by atoms with Gasteiger partial charge in [-0.2, -0.15) is 31.1 Å². The summed E-state index contributed by atoms with van der Waals surface area (Å²) in [4.78, 5) is 38.8. The summed E-state index contributed by atoms with van der Waals surface area (Å²) >= 11 is 0. The van der Waals surface area contributed by atoms with Crippen molar-refractivity contribution in [3.05, 3.63) is 174 Å². The van der Waals surface area contributed by atoms with E-state index in [4.69, 9.17) is 48.1 Å². The van der Waals surface area contributed by atoms with E-state index in [1.807, 2.05) is 111 Å². The maximum atomic E-state index is 14.1. The van der Waals surface area contributed by atoms with Gasteiger partial charge >= 0.3 is 0 Å². The molecule has 9 aromatic heterocycles. The van der Waals surface area contributed by atoms with Crippen molar-refractivity contribution in [1.29, 1.82) is 15.8 Å². The first-order valence-electron chi connectivity index (χ1n) is 38.8. The van der Waals surface area contributed by atoms with E-state index in [1.54, 1.807) is 81.6 Å². The Labute approximate surface area is 675 Å². The van der Waals surface area contributed by atoms with Gasteiger partial charge in [0.15, 0.2) is 22.9 Å². The van der Waals surface area contributed by atoms with Crippen molar-refractivity contribution < 1.29 is 52.9 Å². The van der Waals surface area contributed by atoms with E-state index in [2.05, 4.69) is 85.1 Å². The Morgan fingerprint density at radius 2 is 0.957 bits per heavy atom. The summed E-state index contributed by atoms with van der Waals surface area (Å²) < 4.78 is 57.8. The van der Waals surface area contributed by atoms with Crippen LogP contribution < -0.4 is 47.9 Å². The minimum absolute atomic E-state index is 0.0146. The molecule has 19 rings (SSSR count). The van der Waals surface area contributed by atoms with Gasteiger partial charge in [-0.3, -0.25) is 23.8 Å². The van der Waals surface area contributed by atoms with Crippen molar-refractivity contribution in [2.45, 2.75) is 102 Å². The van der Waals surface area contributed by atoms with Crippen molar-refractivity contribution in [1.82, 2.24) is 69.0 Å². The van der Waals surface area contributed by atoms with Crippen LogP contribution in [-0.4, -0.2) is 213 Å². The van der Waals surface area contributed by atoms with Gasteiger partial charge in [0, 0.05) is 205 Å². The number of hydrogen-bond acceptors (Lipinski definition) is 27. The molecule has 0 aliphatic carbocycles. The maximum Gasteiger partial charge on any atom is 0.250 e. The Morgan fingerprint density at radius 3 is 1.35 bits per heavy atom. The zero-order valence-corrected chi connectivity index (χ0v) is 66.6. The molecule has 16 heterocycles. The highest BCUT2D eigenvalue weighted by Gasteiger charge is 2.46. The fraction of sp³-hybridized carbons (Fsp3) is 0.372. The van der Waals surface area contributed by atoms with Gasteiger partial charge in [0.25, 0.3) is 0 Å². The number of benzene rings is 3. The number of aliphatic hydroxyl groups excluding tert-OH is 2. The van der Waals surface area contributed by atoms with Crippen molar-refractivity contribution in [2.24, 2.45) is 21.1 Å². The van der Waals surface area contributed by atoms with Gasteiger partial charge in [-0.15, -0.1) is 0 Å². The van der Waals surface area contributed by atoms with E-state index in [9.17, 15) is 35.5 Å². The smallest absolute Gasteiger partial charge is 0.250 e. The second-order valence-corrected chi connectivity index (χ2v) is 30.5. The molecule has 602 valence electrons. The van der Waals surface area contributed by atoms with E-state index in [-0.39, 0.29) is 38.4 Å². The summed E-state index contributed by atoms with van der Waals surface area (Å²) in [7, 11) is 10.0. The molecule has 0 spiro atoms. The number of rotatable bonds is 24. The summed E-state index contributed by atoms with van der Waals surface area (Å²) in [6.07, 6.45) is 14.3. The minimum Gasteiger partial charge on any atom is -0.491 e. The third-order valence-corrected chi connectivity index (χ3v) is 21.8. The molecule has 0 radical (unpaired) electrons. The molecule has 3 N–H and O–H groups in total. The number of methoxy groups -OCH3 is 3. The number of halogens is 1. The highest BCUT2D eigenvalue weighted by Crippen LogP contribution is 2.43. The summed E-state index contributed by atoms with van der Waals surface area (Å²) in [5.41, 5.74) is 9.44. The van der Waals surface area contributed by atoms with E-state index in [0.717, 1.165) is 160 Å². The van der Waals surface area contributed by atoms with Crippen LogP contribution in [0.1, 0.15) is 74.7 Å². The number of fused-ring (bicyclic) bond motifs is 7. The Bertz CT molecular complexity index is 5650. The van der Waals surface area contributed by atoms with Gasteiger partial charge < -0.3 is 63.2 Å². The topological polar surface area (TPSA) is 344 Å². The number of aromatic nitrogens is 12. The third kappa shape index (κ3) is 17.3. The number of piperazine rings is 2. The maximum absolute atomic E-state index is 14.1. The molecule has 7 saturated heterocycles. The molecule has 7 fully saturated rings. The Morgan fingerprint density at radius 1 is 0.513 bits per heavy atom. The highest BCUT2D eigenvalue weighted by atomic mass is 19.1. The lowest BCUT2D eigenvalue weighted by molar-refractivity contribution is -0.00885. The highest BCUT2D eigenvalue weighted by molar-refractivity contribution is 6.01. The standard InChI is InChI=1S/C29H31N7O3.C29H32N6O4.C28H28FN7O3/c1-18(37)17-39-23-9-24(29-25(11-30)33-34(2)26(29)10-23)20-5-6-27(31-13-20)35-15-21-8-22(16-35)36(21)14-19-4-7-28(38-3)32-12-19;1-29(2,36)18-38-22-13-23(28-24(15-30)33-34(3)25(28)14-22)19-5-7-26(31-16-19)35-11-9-20(10-12-35)39-21-6-8-27(37-4)32-17-21;1-34-25-10-21(39-6-5-37)9-22(27(25)24(11-30)33-34)18-3-4-26(31-13-18)35-15-19-8-20(16-35)36(19)14-17-7-23(29)28(38-2)32-12-17/h4-7,9-10,12-13,18,21-22,37H,8,14-17H2,1-3H3;5-8,13-14,16-17,20,36H,9-12,18H2,1-4H3;3-4,7,9-10,12-13,19-20,37H,5-6,8,14-16H2,1-2H3/t18-,21?,22?;;/m1../s1. The van der Waals surface area contributed by atoms with Gasteiger partial charge in [-0.05, 0) is 128 Å². The van der Waals surface area contributed by atoms with Gasteiger partial charge in [0.2, 0.25) is 17.6 Å². The van der Waals surface area contributed by atoms with Gasteiger partial charge in [0.1, 0.15) is 84.6 Å². The van der Waals surface area contributed by atoms with E-state index >= 15 is 0 Å². The van der Waals surface area contributed by atoms with Crippen LogP contribution in [0.15, 0.2) is 140 Å². The summed E-state index contributed by atoms with van der Waals surface area (Å²) in [5.74, 6) is 6.02. The number of hydrogen-bond donors (Lipinski definition) is 3. The Hall–Kier alpha value is -12.8. The second-order valence-electron chi connectivity index (χ2n) is 30.5. The molecule has 0 amide bonds. The van der Waals surface area contributed by atoms with Crippen LogP contribution in [0.5, 0.6) is 40.6 Å². The van der Waals surface area contributed by atoms with E-state index in [1.165, 1.54) is 25.2 Å². The third-order valence-electron chi connectivity index (χ3n) is 21.8. The fourth-order valence-corrected chi connectivity index (χ4v) is 16.0. The monoisotopic (exact) mass is 1580 g/mol. The second kappa shape index (κ2) is 34.3. The number of anilines is 3. The number of aliphatic hydroxyl groups is 3. The van der Waals surface area contributed by atoms with Crippen LogP contribution in [-0.2, 0) is 34.2 Å². The van der Waals surface area contributed by atoms with E-state index < -0.39 is 17.5 Å². The Balaban J connectivity index is 0.000000138. The SMILES string of the molecule is COc1ccc(CN2C3CC2CN(c2ccc(-c4cc(OC[C@@H](C)O)cc5c4c(C#N)nn5C)cn2)C3)cn1.COc1ccc(OC2CCN(c3ccc(-c4cc(OCC(C)(C)O)cc5c4c(C#N)nn5C)cn3)CC2)cn1.COc1ncc(CN2C3CC2CN(c2ccc(-c4cc(OCCO)cc5c4c(C#N)nn5C)cn2)C3)cc1F. The van der Waals surface area contributed by atoms with Crippen LogP contribution in [0.25, 0.3) is 66.1 Å². The first-order valence-corrected chi connectivity index (χ1v) is 38.8. The number of ether oxygens (including phenoxy) is 7. The molecule has 7 aliphatic rings. The molecular formula is C86H91FN20O10. The fourth-order valence-electron chi connectivity index (χ4n) is 16.0. The molecule has 30 nitrogen and oxygen atoms in total. The normalized spacial score (nSPS) is 17.4. The molecule has 117 heavy (non-hydrogen) atoms. The lowest BCUT2D eigenvalue weighted by atomic mass is 9.87. The van der Waals surface area contributed by atoms with Crippen LogP contribution in [0.2, 0.25) is 0 Å². The molecule has 12 aromatic rings. The molecule has 4 bridgehead atoms. The average Bonchev–Trinajstić information content (AvgIpc) is 1.76. The number of nitriles is 3.